The van der Waals surface area contributed by atoms with Crippen LogP contribution in [-0.4, -0.2) is 22.8 Å². The fourth-order valence-corrected chi connectivity index (χ4v) is 1.62. The van der Waals surface area contributed by atoms with E-state index in [9.17, 15) is 0 Å². The van der Waals surface area contributed by atoms with Crippen LogP contribution in [0.5, 0.6) is 0 Å². The SMILES string of the molecule is CSc1nc(NN)cc(NCC(C)C(C)(C)C)n1. The van der Waals surface area contributed by atoms with Crippen LogP contribution in [0.15, 0.2) is 11.2 Å². The second-order valence-corrected chi connectivity index (χ2v) is 6.19. The lowest BCUT2D eigenvalue weighted by Crippen LogP contribution is -2.25. The largest absolute Gasteiger partial charge is 0.370 e. The van der Waals surface area contributed by atoms with Crippen molar-refractivity contribution in [1.29, 1.82) is 0 Å². The number of anilines is 2. The molecule has 1 aromatic heterocycles. The first-order valence-electron chi connectivity index (χ1n) is 6.00. The summed E-state index contributed by atoms with van der Waals surface area (Å²) in [6, 6.07) is 1.81. The summed E-state index contributed by atoms with van der Waals surface area (Å²) < 4.78 is 0. The summed E-state index contributed by atoms with van der Waals surface area (Å²) in [6.45, 7) is 9.81. The molecule has 0 aromatic carbocycles. The van der Waals surface area contributed by atoms with Crippen LogP contribution in [0.25, 0.3) is 0 Å². The summed E-state index contributed by atoms with van der Waals surface area (Å²) in [6.07, 6.45) is 1.94. The Bertz CT molecular complexity index is 366. The van der Waals surface area contributed by atoms with Crippen molar-refractivity contribution in [2.75, 3.05) is 23.5 Å². The van der Waals surface area contributed by atoms with Crippen LogP contribution in [0.3, 0.4) is 0 Å². The van der Waals surface area contributed by atoms with E-state index in [1.54, 1.807) is 0 Å². The van der Waals surface area contributed by atoms with Crippen LogP contribution < -0.4 is 16.6 Å². The fraction of sp³-hybridized carbons (Fsp3) is 0.667. The minimum Gasteiger partial charge on any atom is -0.370 e. The molecule has 0 spiro atoms. The quantitative estimate of drug-likeness (QED) is 0.330. The molecule has 0 saturated heterocycles. The number of nitrogens with zero attached hydrogens (tertiary/aromatic N) is 2. The molecule has 18 heavy (non-hydrogen) atoms. The molecule has 1 heterocycles. The average Bonchev–Trinajstić information content (AvgIpc) is 2.34. The minimum absolute atomic E-state index is 0.275. The van der Waals surface area contributed by atoms with E-state index in [0.717, 1.165) is 12.4 Å². The van der Waals surface area contributed by atoms with Crippen LogP contribution in [0.4, 0.5) is 11.6 Å². The van der Waals surface area contributed by atoms with Crippen LogP contribution in [0, 0.1) is 11.3 Å². The second kappa shape index (κ2) is 6.24. The molecule has 4 N–H and O–H groups in total. The molecule has 5 nitrogen and oxygen atoms in total. The zero-order chi connectivity index (χ0) is 13.8. The van der Waals surface area contributed by atoms with Crippen molar-refractivity contribution in [3.63, 3.8) is 0 Å². The maximum Gasteiger partial charge on any atom is 0.191 e. The second-order valence-electron chi connectivity index (χ2n) is 5.42. The van der Waals surface area contributed by atoms with E-state index in [0.29, 0.717) is 16.9 Å². The Morgan fingerprint density at radius 3 is 2.44 bits per heavy atom. The molecule has 0 aliphatic heterocycles. The predicted octanol–water partition coefficient (Wildman–Crippen LogP) is 2.58. The Balaban J connectivity index is 2.72. The molecule has 1 unspecified atom stereocenters. The zero-order valence-electron chi connectivity index (χ0n) is 11.7. The molecule has 6 heteroatoms. The molecule has 0 saturated carbocycles. The number of rotatable bonds is 5. The Kier molecular flexibility index (Phi) is 5.22. The molecule has 0 aliphatic rings. The van der Waals surface area contributed by atoms with E-state index in [1.165, 1.54) is 11.8 Å². The molecule has 0 fully saturated rings. The normalized spacial score (nSPS) is 13.2. The first-order chi connectivity index (χ1) is 8.36. The van der Waals surface area contributed by atoms with Crippen molar-refractivity contribution in [1.82, 2.24) is 9.97 Å². The van der Waals surface area contributed by atoms with E-state index < -0.39 is 0 Å². The van der Waals surface area contributed by atoms with E-state index in [1.807, 2.05) is 12.3 Å². The third kappa shape index (κ3) is 4.34. The van der Waals surface area contributed by atoms with E-state index >= 15 is 0 Å². The number of thioether (sulfide) groups is 1. The summed E-state index contributed by atoms with van der Waals surface area (Å²) >= 11 is 1.49. The third-order valence-electron chi connectivity index (χ3n) is 3.10. The van der Waals surface area contributed by atoms with Crippen LogP contribution >= 0.6 is 11.8 Å². The first kappa shape index (κ1) is 15.0. The Morgan fingerprint density at radius 1 is 1.33 bits per heavy atom. The van der Waals surface area contributed by atoms with Crippen molar-refractivity contribution in [3.8, 4) is 0 Å². The molecule has 102 valence electrons. The fourth-order valence-electron chi connectivity index (χ4n) is 1.24. The molecular weight excluding hydrogens is 246 g/mol. The van der Waals surface area contributed by atoms with Crippen molar-refractivity contribution in [3.05, 3.63) is 6.07 Å². The number of hydrogen-bond donors (Lipinski definition) is 3. The highest BCUT2D eigenvalue weighted by Crippen LogP contribution is 2.25. The Hall–Kier alpha value is -1.01. The van der Waals surface area contributed by atoms with Gasteiger partial charge in [-0.25, -0.2) is 15.8 Å². The third-order valence-corrected chi connectivity index (χ3v) is 3.65. The smallest absolute Gasteiger partial charge is 0.191 e. The zero-order valence-corrected chi connectivity index (χ0v) is 12.6. The highest BCUT2D eigenvalue weighted by atomic mass is 32.2. The lowest BCUT2D eigenvalue weighted by molar-refractivity contribution is 0.274. The standard InChI is InChI=1S/C12H23N5S/c1-8(12(2,3)4)7-14-9-6-10(17-13)16-11(15-9)18-5/h6,8H,7,13H2,1-5H3,(H2,14,15,16,17). The highest BCUT2D eigenvalue weighted by Gasteiger charge is 2.19. The van der Waals surface area contributed by atoms with Gasteiger partial charge in [0.2, 0.25) is 0 Å². The molecule has 1 atom stereocenters. The van der Waals surface area contributed by atoms with Gasteiger partial charge in [-0.05, 0) is 17.6 Å². The van der Waals surface area contributed by atoms with E-state index in [2.05, 4.69) is 48.4 Å². The molecule has 0 radical (unpaired) electrons. The highest BCUT2D eigenvalue weighted by molar-refractivity contribution is 7.98. The molecule has 0 amide bonds. The molecule has 1 rings (SSSR count). The van der Waals surface area contributed by atoms with E-state index in [-0.39, 0.29) is 5.41 Å². The predicted molar refractivity (Wildman–Crippen MR) is 78.7 cm³/mol. The van der Waals surface area contributed by atoms with Crippen molar-refractivity contribution < 1.29 is 0 Å². The van der Waals surface area contributed by atoms with Crippen molar-refractivity contribution in [2.45, 2.75) is 32.9 Å². The van der Waals surface area contributed by atoms with Crippen LogP contribution in [0.1, 0.15) is 27.7 Å². The van der Waals surface area contributed by atoms with Crippen molar-refractivity contribution in [2.24, 2.45) is 17.2 Å². The van der Waals surface area contributed by atoms with Gasteiger partial charge in [0.1, 0.15) is 11.6 Å². The number of nitrogens with one attached hydrogen (secondary N) is 2. The topological polar surface area (TPSA) is 75.9 Å². The molecular formula is C12H23N5S. The van der Waals surface area contributed by atoms with Gasteiger partial charge in [-0.2, -0.15) is 0 Å². The number of nitrogen functional groups attached to an aromatic ring is 1. The lowest BCUT2D eigenvalue weighted by atomic mass is 9.82. The van der Waals surface area contributed by atoms with Gasteiger partial charge in [0.15, 0.2) is 5.16 Å². The lowest BCUT2D eigenvalue weighted by Gasteiger charge is -2.27. The van der Waals surface area contributed by atoms with Crippen LogP contribution in [-0.2, 0) is 0 Å². The summed E-state index contributed by atoms with van der Waals surface area (Å²) in [5.41, 5.74) is 2.83. The summed E-state index contributed by atoms with van der Waals surface area (Å²) in [7, 11) is 0. The van der Waals surface area contributed by atoms with Gasteiger partial charge in [-0.15, -0.1) is 0 Å². The summed E-state index contributed by atoms with van der Waals surface area (Å²) in [5, 5.41) is 4.05. The van der Waals surface area contributed by atoms with Gasteiger partial charge < -0.3 is 10.7 Å². The summed E-state index contributed by atoms with van der Waals surface area (Å²) in [5.74, 6) is 7.36. The van der Waals surface area contributed by atoms with Gasteiger partial charge >= 0.3 is 0 Å². The monoisotopic (exact) mass is 269 g/mol. The minimum atomic E-state index is 0.275. The number of aromatic nitrogens is 2. The Labute approximate surface area is 113 Å². The van der Waals surface area contributed by atoms with Crippen molar-refractivity contribution >= 4 is 23.4 Å². The Morgan fingerprint density at radius 2 is 1.94 bits per heavy atom. The first-order valence-corrected chi connectivity index (χ1v) is 7.23. The maximum atomic E-state index is 5.39. The summed E-state index contributed by atoms with van der Waals surface area (Å²) in [4.78, 5) is 8.62. The average molecular weight is 269 g/mol. The van der Waals surface area contributed by atoms with Crippen LogP contribution in [0.2, 0.25) is 0 Å². The number of nitrogens with two attached hydrogens (primary N) is 1. The maximum absolute atomic E-state index is 5.39. The molecule has 1 aromatic rings. The van der Waals surface area contributed by atoms with Gasteiger partial charge in [0, 0.05) is 12.6 Å². The molecule has 0 aliphatic carbocycles. The number of hydrogen-bond acceptors (Lipinski definition) is 6. The molecule has 0 bridgehead atoms. The van der Waals surface area contributed by atoms with Gasteiger partial charge in [-0.1, -0.05) is 39.5 Å². The van der Waals surface area contributed by atoms with E-state index in [4.69, 9.17) is 5.84 Å². The van der Waals surface area contributed by atoms with Gasteiger partial charge in [0.25, 0.3) is 0 Å². The number of hydrazine groups is 1. The van der Waals surface area contributed by atoms with Gasteiger partial charge in [0.05, 0.1) is 0 Å². The van der Waals surface area contributed by atoms with Gasteiger partial charge in [-0.3, -0.25) is 0 Å².